The number of nitrogens with two attached hydrogens (primary N) is 1. The van der Waals surface area contributed by atoms with E-state index in [2.05, 4.69) is 9.97 Å². The maximum Gasteiger partial charge on any atom is 0.316 e. The van der Waals surface area contributed by atoms with Crippen LogP contribution in [0.4, 0.5) is 0 Å². The summed E-state index contributed by atoms with van der Waals surface area (Å²) in [7, 11) is 0. The van der Waals surface area contributed by atoms with Gasteiger partial charge < -0.3 is 19.9 Å². The highest BCUT2D eigenvalue weighted by molar-refractivity contribution is 5.60. The third-order valence-electron chi connectivity index (χ3n) is 3.06. The molecule has 1 fully saturated rings. The van der Waals surface area contributed by atoms with E-state index in [1.54, 1.807) is 6.20 Å². The summed E-state index contributed by atoms with van der Waals surface area (Å²) >= 11 is 0. The van der Waals surface area contributed by atoms with Crippen molar-refractivity contribution in [3.63, 3.8) is 0 Å². The minimum atomic E-state index is -0.292. The fourth-order valence-electron chi connectivity index (χ4n) is 2.12. The van der Waals surface area contributed by atoms with Crippen LogP contribution in [0.3, 0.4) is 0 Å². The van der Waals surface area contributed by atoms with Gasteiger partial charge in [0.15, 0.2) is 6.29 Å². The van der Waals surface area contributed by atoms with Gasteiger partial charge >= 0.3 is 6.01 Å². The van der Waals surface area contributed by atoms with Crippen LogP contribution in [0.25, 0.3) is 11.3 Å². The monoisotopic (exact) mass is 287 g/mol. The van der Waals surface area contributed by atoms with Gasteiger partial charge in [-0.05, 0) is 12.1 Å². The van der Waals surface area contributed by atoms with E-state index in [0.717, 1.165) is 16.8 Å². The molecular weight excluding hydrogens is 270 g/mol. The summed E-state index contributed by atoms with van der Waals surface area (Å²) in [6, 6.07) is 10.1. The second-order valence-corrected chi connectivity index (χ2v) is 4.56. The molecule has 110 valence electrons. The zero-order valence-corrected chi connectivity index (χ0v) is 11.6. The summed E-state index contributed by atoms with van der Waals surface area (Å²) in [6.45, 7) is 2.08. The first kappa shape index (κ1) is 13.9. The Balaban J connectivity index is 1.84. The van der Waals surface area contributed by atoms with E-state index in [0.29, 0.717) is 32.4 Å². The maximum absolute atomic E-state index is 5.51. The van der Waals surface area contributed by atoms with Crippen molar-refractivity contribution in [1.82, 2.24) is 9.97 Å². The molecule has 6 heteroatoms. The van der Waals surface area contributed by atoms with Crippen molar-refractivity contribution >= 4 is 0 Å². The topological polar surface area (TPSA) is 79.5 Å². The molecule has 0 bridgehead atoms. The number of hydrogen-bond donors (Lipinski definition) is 1. The zero-order chi connectivity index (χ0) is 14.5. The predicted octanol–water partition coefficient (Wildman–Crippen LogP) is 1.53. The lowest BCUT2D eigenvalue weighted by Crippen LogP contribution is -2.12. The van der Waals surface area contributed by atoms with Gasteiger partial charge in [-0.1, -0.05) is 18.2 Å². The lowest BCUT2D eigenvalue weighted by atomic mass is 10.1. The van der Waals surface area contributed by atoms with Crippen LogP contribution >= 0.6 is 0 Å². The van der Waals surface area contributed by atoms with E-state index in [1.807, 2.05) is 30.3 Å². The average molecular weight is 287 g/mol. The third kappa shape index (κ3) is 3.36. The maximum atomic E-state index is 5.51. The van der Waals surface area contributed by atoms with Gasteiger partial charge in [-0.15, -0.1) is 0 Å². The van der Waals surface area contributed by atoms with Gasteiger partial charge in [-0.25, -0.2) is 4.98 Å². The van der Waals surface area contributed by atoms with Crippen LogP contribution in [0.2, 0.25) is 0 Å². The van der Waals surface area contributed by atoms with E-state index in [4.69, 9.17) is 19.9 Å². The lowest BCUT2D eigenvalue weighted by Gasteiger charge is -2.11. The Kier molecular flexibility index (Phi) is 4.40. The standard InChI is InChI=1S/C15H17N3O3/c16-5-7-21-15-17-6-4-13(18-15)11-2-1-3-12(10-11)14-19-8-9-20-14/h1-4,6,10,14H,5,7-9,16H2. The lowest BCUT2D eigenvalue weighted by molar-refractivity contribution is -0.0440. The average Bonchev–Trinajstić information content (AvgIpc) is 3.08. The van der Waals surface area contributed by atoms with Crippen molar-refractivity contribution in [2.24, 2.45) is 5.73 Å². The fourth-order valence-corrected chi connectivity index (χ4v) is 2.12. The fraction of sp³-hybridized carbons (Fsp3) is 0.333. The molecule has 1 aliphatic heterocycles. The Morgan fingerprint density at radius 2 is 2.10 bits per heavy atom. The Morgan fingerprint density at radius 1 is 1.24 bits per heavy atom. The molecule has 0 unspecified atom stereocenters. The highest BCUT2D eigenvalue weighted by atomic mass is 16.7. The van der Waals surface area contributed by atoms with Crippen LogP contribution in [-0.2, 0) is 9.47 Å². The SMILES string of the molecule is NCCOc1nccc(-c2cccc(C3OCCO3)c2)n1. The molecule has 6 nitrogen and oxygen atoms in total. The van der Waals surface area contributed by atoms with E-state index in [9.17, 15) is 0 Å². The number of rotatable bonds is 5. The van der Waals surface area contributed by atoms with Crippen LogP contribution in [0.5, 0.6) is 6.01 Å². The van der Waals surface area contributed by atoms with Crippen molar-refractivity contribution in [3.05, 3.63) is 42.1 Å². The quantitative estimate of drug-likeness (QED) is 0.898. The Bertz CT molecular complexity index is 600. The van der Waals surface area contributed by atoms with Crippen molar-refractivity contribution in [3.8, 4) is 17.3 Å². The molecule has 0 amide bonds. The van der Waals surface area contributed by atoms with Crippen molar-refractivity contribution in [1.29, 1.82) is 0 Å². The van der Waals surface area contributed by atoms with Crippen LogP contribution in [0, 0.1) is 0 Å². The number of nitrogens with zero attached hydrogens (tertiary/aromatic N) is 2. The van der Waals surface area contributed by atoms with E-state index in [-0.39, 0.29) is 6.29 Å². The summed E-state index contributed by atoms with van der Waals surface area (Å²) in [5.41, 5.74) is 8.14. The normalized spacial score (nSPS) is 15.3. The van der Waals surface area contributed by atoms with Crippen molar-refractivity contribution < 1.29 is 14.2 Å². The Morgan fingerprint density at radius 3 is 2.90 bits per heavy atom. The second-order valence-electron chi connectivity index (χ2n) is 4.56. The molecule has 0 radical (unpaired) electrons. The predicted molar refractivity (Wildman–Crippen MR) is 76.7 cm³/mol. The third-order valence-corrected chi connectivity index (χ3v) is 3.06. The summed E-state index contributed by atoms with van der Waals surface area (Å²) in [4.78, 5) is 8.44. The molecule has 0 atom stereocenters. The minimum absolute atomic E-state index is 0.292. The molecule has 2 N–H and O–H groups in total. The van der Waals surface area contributed by atoms with Gasteiger partial charge in [0.25, 0.3) is 0 Å². The first-order chi connectivity index (χ1) is 10.4. The number of benzene rings is 1. The molecule has 3 rings (SSSR count). The van der Waals surface area contributed by atoms with Crippen molar-refractivity contribution in [2.45, 2.75) is 6.29 Å². The molecule has 0 saturated carbocycles. The molecule has 1 aromatic carbocycles. The molecular formula is C15H17N3O3. The van der Waals surface area contributed by atoms with Crippen molar-refractivity contribution in [2.75, 3.05) is 26.4 Å². The highest BCUT2D eigenvalue weighted by Crippen LogP contribution is 2.27. The first-order valence-corrected chi connectivity index (χ1v) is 6.86. The molecule has 21 heavy (non-hydrogen) atoms. The second kappa shape index (κ2) is 6.62. The van der Waals surface area contributed by atoms with Gasteiger partial charge in [0.2, 0.25) is 0 Å². The highest BCUT2D eigenvalue weighted by Gasteiger charge is 2.18. The summed E-state index contributed by atoms with van der Waals surface area (Å²) in [5.74, 6) is 0. The van der Waals surface area contributed by atoms with Gasteiger partial charge in [0.05, 0.1) is 18.9 Å². The molecule has 1 aliphatic rings. The van der Waals surface area contributed by atoms with E-state index >= 15 is 0 Å². The summed E-state index contributed by atoms with van der Waals surface area (Å²) < 4.78 is 16.4. The molecule has 0 aliphatic carbocycles. The Labute approximate surface area is 122 Å². The minimum Gasteiger partial charge on any atom is -0.462 e. The summed E-state index contributed by atoms with van der Waals surface area (Å²) in [5, 5.41) is 0. The molecule has 2 heterocycles. The van der Waals surface area contributed by atoms with Gasteiger partial charge in [0, 0.05) is 23.9 Å². The Hall–Kier alpha value is -2.02. The van der Waals surface area contributed by atoms with Gasteiger partial charge in [0.1, 0.15) is 6.61 Å². The smallest absolute Gasteiger partial charge is 0.316 e. The first-order valence-electron chi connectivity index (χ1n) is 6.86. The van der Waals surface area contributed by atoms with Crippen LogP contribution in [-0.4, -0.2) is 36.3 Å². The molecule has 0 spiro atoms. The van der Waals surface area contributed by atoms with Gasteiger partial charge in [-0.3, -0.25) is 0 Å². The van der Waals surface area contributed by atoms with Crippen LogP contribution in [0.1, 0.15) is 11.9 Å². The van der Waals surface area contributed by atoms with E-state index < -0.39 is 0 Å². The number of ether oxygens (including phenoxy) is 3. The number of aromatic nitrogens is 2. The van der Waals surface area contributed by atoms with Crippen LogP contribution < -0.4 is 10.5 Å². The van der Waals surface area contributed by atoms with Crippen LogP contribution in [0.15, 0.2) is 36.5 Å². The van der Waals surface area contributed by atoms with E-state index in [1.165, 1.54) is 0 Å². The largest absolute Gasteiger partial charge is 0.462 e. The molecule has 2 aromatic rings. The number of hydrogen-bond acceptors (Lipinski definition) is 6. The molecule has 1 saturated heterocycles. The molecule has 1 aromatic heterocycles. The zero-order valence-electron chi connectivity index (χ0n) is 11.6. The van der Waals surface area contributed by atoms with Gasteiger partial charge in [-0.2, -0.15) is 4.98 Å². The summed E-state index contributed by atoms with van der Waals surface area (Å²) in [6.07, 6.45) is 1.38.